The number of hydrogen-bond acceptors (Lipinski definition) is 3. The molecule has 14 heavy (non-hydrogen) atoms. The number of nitrogens with one attached hydrogen (secondary N) is 1. The van der Waals surface area contributed by atoms with Crippen molar-refractivity contribution in [2.24, 2.45) is 0 Å². The predicted octanol–water partition coefficient (Wildman–Crippen LogP) is 2.24. The largest absolute Gasteiger partial charge is 0.333 e. The molecule has 1 aromatic carbocycles. The number of hydrogen-bond donors (Lipinski definition) is 1. The summed E-state index contributed by atoms with van der Waals surface area (Å²) < 4.78 is 0. The molecule has 0 bridgehead atoms. The number of benzene rings is 1. The number of H-pyrrole nitrogens is 1. The maximum Gasteiger partial charge on any atom is 0.167 e. The highest BCUT2D eigenvalue weighted by Crippen LogP contribution is 2.21. The molecule has 72 valence electrons. The van der Waals surface area contributed by atoms with Crippen LogP contribution in [0.3, 0.4) is 0 Å². The predicted molar refractivity (Wildman–Crippen MR) is 57.5 cm³/mol. The van der Waals surface area contributed by atoms with Crippen LogP contribution >= 0.6 is 11.8 Å². The fourth-order valence-corrected chi connectivity index (χ4v) is 1.92. The molecule has 2 aromatic rings. The number of carbonyl (C=O) groups excluding carboxylic acids is 1. The highest BCUT2D eigenvalue weighted by atomic mass is 32.2. The van der Waals surface area contributed by atoms with E-state index in [0.29, 0.717) is 0 Å². The van der Waals surface area contributed by atoms with Crippen LogP contribution in [0, 0.1) is 0 Å². The summed E-state index contributed by atoms with van der Waals surface area (Å²) in [7, 11) is 0. The van der Waals surface area contributed by atoms with Gasteiger partial charge in [0.2, 0.25) is 0 Å². The molecule has 0 radical (unpaired) electrons. The Morgan fingerprint density at radius 3 is 3.00 bits per heavy atom. The minimum absolute atomic E-state index is 0.0597. The number of para-hydroxylation sites is 2. The summed E-state index contributed by atoms with van der Waals surface area (Å²) in [4.78, 5) is 18.0. The summed E-state index contributed by atoms with van der Waals surface area (Å²) in [5, 5.41) is 0.737. The molecule has 1 aromatic heterocycles. The maximum atomic E-state index is 10.5. The summed E-state index contributed by atoms with van der Waals surface area (Å²) >= 11 is 1.43. The van der Waals surface area contributed by atoms with Crippen molar-refractivity contribution < 1.29 is 4.79 Å². The quantitative estimate of drug-likeness (QED) is 0.618. The van der Waals surface area contributed by atoms with Gasteiger partial charge in [0.1, 0.15) is 6.29 Å². The summed E-state index contributed by atoms with van der Waals surface area (Å²) in [6.45, 7) is 1.85. The Bertz CT molecular complexity index is 419. The zero-order valence-corrected chi connectivity index (χ0v) is 8.54. The number of aromatic amines is 1. The second-order valence-electron chi connectivity index (χ2n) is 3.02. The molecule has 0 saturated heterocycles. The Balaban J connectivity index is 2.31. The van der Waals surface area contributed by atoms with Gasteiger partial charge >= 0.3 is 0 Å². The number of carbonyl (C=O) groups is 1. The molecule has 1 N–H and O–H groups in total. The molecule has 0 spiro atoms. The van der Waals surface area contributed by atoms with E-state index in [2.05, 4.69) is 9.97 Å². The van der Waals surface area contributed by atoms with E-state index in [9.17, 15) is 4.79 Å². The topological polar surface area (TPSA) is 45.8 Å². The SMILES string of the molecule is CC(C=O)Sc1nc2ccccc2[nH]1. The van der Waals surface area contributed by atoms with Gasteiger partial charge in [0.15, 0.2) is 5.16 Å². The smallest absolute Gasteiger partial charge is 0.167 e. The number of thioether (sulfide) groups is 1. The van der Waals surface area contributed by atoms with Crippen LogP contribution in [0.15, 0.2) is 29.4 Å². The molecule has 1 unspecified atom stereocenters. The minimum atomic E-state index is -0.0597. The first kappa shape index (κ1) is 9.27. The lowest BCUT2D eigenvalue weighted by Crippen LogP contribution is -1.96. The van der Waals surface area contributed by atoms with Crippen molar-refractivity contribution >= 4 is 29.1 Å². The lowest BCUT2D eigenvalue weighted by atomic mass is 10.3. The molecule has 0 aliphatic heterocycles. The average molecular weight is 206 g/mol. The molecular weight excluding hydrogens is 196 g/mol. The standard InChI is InChI=1S/C10H10N2OS/c1-7(6-13)14-10-11-8-4-2-3-5-9(8)12-10/h2-7H,1H3,(H,11,12). The lowest BCUT2D eigenvalue weighted by molar-refractivity contribution is -0.107. The second kappa shape index (κ2) is 3.84. The molecule has 0 saturated carbocycles. The van der Waals surface area contributed by atoms with Crippen molar-refractivity contribution in [1.29, 1.82) is 0 Å². The number of fused-ring (bicyclic) bond motifs is 1. The number of aromatic nitrogens is 2. The number of imidazole rings is 1. The normalized spacial score (nSPS) is 12.9. The van der Waals surface area contributed by atoms with E-state index in [1.54, 1.807) is 0 Å². The summed E-state index contributed by atoms with van der Waals surface area (Å²) in [5.74, 6) is 0. The third-order valence-electron chi connectivity index (χ3n) is 1.86. The fraction of sp³-hybridized carbons (Fsp3) is 0.200. The molecular formula is C10H10N2OS. The molecule has 1 atom stereocenters. The van der Waals surface area contributed by atoms with E-state index < -0.39 is 0 Å². The Kier molecular flexibility index (Phi) is 2.54. The Labute approximate surface area is 85.9 Å². The van der Waals surface area contributed by atoms with Crippen molar-refractivity contribution in [3.8, 4) is 0 Å². The van der Waals surface area contributed by atoms with E-state index in [4.69, 9.17) is 0 Å². The van der Waals surface area contributed by atoms with E-state index in [-0.39, 0.29) is 5.25 Å². The van der Waals surface area contributed by atoms with Crippen molar-refractivity contribution in [2.75, 3.05) is 0 Å². The van der Waals surface area contributed by atoms with Crippen LogP contribution in [0.25, 0.3) is 11.0 Å². The van der Waals surface area contributed by atoms with Gasteiger partial charge in [-0.2, -0.15) is 0 Å². The lowest BCUT2D eigenvalue weighted by Gasteiger charge is -1.96. The molecule has 0 aliphatic rings. The number of rotatable bonds is 3. The average Bonchev–Trinajstić information content (AvgIpc) is 2.59. The van der Waals surface area contributed by atoms with Gasteiger partial charge in [-0.05, 0) is 19.1 Å². The first-order valence-corrected chi connectivity index (χ1v) is 5.24. The second-order valence-corrected chi connectivity index (χ2v) is 4.38. The zero-order valence-electron chi connectivity index (χ0n) is 7.73. The van der Waals surface area contributed by atoms with Crippen LogP contribution in [-0.4, -0.2) is 21.5 Å². The van der Waals surface area contributed by atoms with Gasteiger partial charge in [0, 0.05) is 0 Å². The Morgan fingerprint density at radius 1 is 1.50 bits per heavy atom. The molecule has 0 amide bonds. The Hall–Kier alpha value is -1.29. The molecule has 1 heterocycles. The molecule has 3 nitrogen and oxygen atoms in total. The van der Waals surface area contributed by atoms with Gasteiger partial charge in [-0.1, -0.05) is 23.9 Å². The van der Waals surface area contributed by atoms with Gasteiger partial charge in [-0.15, -0.1) is 0 Å². The van der Waals surface area contributed by atoms with Gasteiger partial charge in [-0.25, -0.2) is 4.98 Å². The van der Waals surface area contributed by atoms with Gasteiger partial charge in [0.25, 0.3) is 0 Å². The Morgan fingerprint density at radius 2 is 2.29 bits per heavy atom. The van der Waals surface area contributed by atoms with Crippen LogP contribution in [0.4, 0.5) is 0 Å². The van der Waals surface area contributed by atoms with E-state index in [1.807, 2.05) is 31.2 Å². The summed E-state index contributed by atoms with van der Waals surface area (Å²) in [6.07, 6.45) is 0.915. The first-order valence-electron chi connectivity index (χ1n) is 4.36. The number of nitrogens with zero attached hydrogens (tertiary/aromatic N) is 1. The highest BCUT2D eigenvalue weighted by molar-refractivity contribution is 8.00. The minimum Gasteiger partial charge on any atom is -0.333 e. The highest BCUT2D eigenvalue weighted by Gasteiger charge is 2.06. The van der Waals surface area contributed by atoms with Crippen LogP contribution in [0.1, 0.15) is 6.92 Å². The summed E-state index contributed by atoms with van der Waals surface area (Å²) in [5.41, 5.74) is 1.95. The van der Waals surface area contributed by atoms with Crippen molar-refractivity contribution in [1.82, 2.24) is 9.97 Å². The van der Waals surface area contributed by atoms with E-state index in [1.165, 1.54) is 11.8 Å². The van der Waals surface area contributed by atoms with Crippen molar-refractivity contribution in [3.63, 3.8) is 0 Å². The first-order chi connectivity index (χ1) is 6.79. The monoisotopic (exact) mass is 206 g/mol. The molecule has 2 rings (SSSR count). The maximum absolute atomic E-state index is 10.5. The van der Waals surface area contributed by atoms with E-state index in [0.717, 1.165) is 22.5 Å². The van der Waals surface area contributed by atoms with Crippen molar-refractivity contribution in [2.45, 2.75) is 17.3 Å². The molecule has 0 fully saturated rings. The number of aldehydes is 1. The van der Waals surface area contributed by atoms with Crippen LogP contribution in [0.5, 0.6) is 0 Å². The fourth-order valence-electron chi connectivity index (χ4n) is 1.19. The van der Waals surface area contributed by atoms with Gasteiger partial charge in [0.05, 0.1) is 16.3 Å². The molecule has 4 heteroatoms. The van der Waals surface area contributed by atoms with Gasteiger partial charge in [-0.3, -0.25) is 0 Å². The molecule has 0 aliphatic carbocycles. The van der Waals surface area contributed by atoms with Gasteiger partial charge < -0.3 is 9.78 Å². The third kappa shape index (κ3) is 1.80. The summed E-state index contributed by atoms with van der Waals surface area (Å²) in [6, 6.07) is 7.82. The van der Waals surface area contributed by atoms with Crippen LogP contribution < -0.4 is 0 Å². The van der Waals surface area contributed by atoms with E-state index >= 15 is 0 Å². The van der Waals surface area contributed by atoms with Crippen LogP contribution in [-0.2, 0) is 4.79 Å². The van der Waals surface area contributed by atoms with Crippen LogP contribution in [0.2, 0.25) is 0 Å². The van der Waals surface area contributed by atoms with Crippen molar-refractivity contribution in [3.05, 3.63) is 24.3 Å². The zero-order chi connectivity index (χ0) is 9.97. The third-order valence-corrected chi connectivity index (χ3v) is 2.76.